The maximum atomic E-state index is 12.4. The van der Waals surface area contributed by atoms with Crippen molar-refractivity contribution >= 4 is 19.8 Å². The Labute approximate surface area is 255 Å². The van der Waals surface area contributed by atoms with Crippen molar-refractivity contribution in [2.24, 2.45) is 5.73 Å². The summed E-state index contributed by atoms with van der Waals surface area (Å²) in [4.78, 5) is 33.1. The molecule has 11 heteroatoms. The van der Waals surface area contributed by atoms with E-state index in [9.17, 15) is 19.0 Å². The van der Waals surface area contributed by atoms with E-state index >= 15 is 0 Å². The maximum Gasteiger partial charge on any atom is 0.472 e. The number of rotatable bonds is 32. The van der Waals surface area contributed by atoms with Gasteiger partial charge in [-0.25, -0.2) is 4.57 Å². The highest BCUT2D eigenvalue weighted by Gasteiger charge is 2.27. The number of carboxylic acid groups (broad SMARTS) is 1. The minimum atomic E-state index is -4.59. The van der Waals surface area contributed by atoms with E-state index in [2.05, 4.69) is 18.4 Å². The van der Waals surface area contributed by atoms with Crippen LogP contribution in [0.5, 0.6) is 0 Å². The van der Waals surface area contributed by atoms with Gasteiger partial charge < -0.3 is 25.2 Å². The predicted molar refractivity (Wildman–Crippen MR) is 166 cm³/mol. The smallest absolute Gasteiger partial charge is 0.472 e. The minimum absolute atomic E-state index is 0.0237. The van der Waals surface area contributed by atoms with Gasteiger partial charge in [-0.2, -0.15) is 0 Å². The first kappa shape index (κ1) is 41.0. The number of hydrogen-bond acceptors (Lipinski definition) is 8. The Hall–Kier alpha value is -1.03. The lowest BCUT2D eigenvalue weighted by Crippen LogP contribution is -2.34. The molecular formula is C31H62NO9P. The van der Waals surface area contributed by atoms with Gasteiger partial charge >= 0.3 is 19.8 Å². The van der Waals surface area contributed by atoms with Gasteiger partial charge in [0, 0.05) is 13.0 Å². The number of phosphoric ester groups is 1. The van der Waals surface area contributed by atoms with Gasteiger partial charge in [0.2, 0.25) is 0 Å². The van der Waals surface area contributed by atoms with Crippen molar-refractivity contribution in [2.75, 3.05) is 26.4 Å². The normalized spacial score (nSPS) is 14.4. The van der Waals surface area contributed by atoms with E-state index in [-0.39, 0.29) is 13.0 Å². The number of unbranched alkanes of at least 4 members (excludes halogenated alkanes) is 18. The van der Waals surface area contributed by atoms with E-state index < -0.39 is 45.1 Å². The molecule has 3 unspecified atom stereocenters. The lowest BCUT2D eigenvalue weighted by Gasteiger charge is -2.20. The molecule has 0 spiro atoms. The number of phosphoric acid groups is 1. The first-order valence-corrected chi connectivity index (χ1v) is 18.1. The summed E-state index contributed by atoms with van der Waals surface area (Å²) in [5.74, 6) is -1.78. The van der Waals surface area contributed by atoms with Crippen LogP contribution in [-0.2, 0) is 32.7 Å². The molecule has 0 aliphatic heterocycles. The molecule has 0 rings (SSSR count). The van der Waals surface area contributed by atoms with Gasteiger partial charge in [-0.1, -0.05) is 129 Å². The van der Waals surface area contributed by atoms with Crippen molar-refractivity contribution in [2.45, 2.75) is 161 Å². The first-order valence-electron chi connectivity index (χ1n) is 16.6. The summed E-state index contributed by atoms with van der Waals surface area (Å²) in [6.45, 7) is 3.84. The molecule has 4 N–H and O–H groups in total. The molecule has 0 saturated carbocycles. The number of nitrogens with two attached hydrogens (primary N) is 1. The molecular weight excluding hydrogens is 561 g/mol. The van der Waals surface area contributed by atoms with Crippen LogP contribution < -0.4 is 5.73 Å². The Morgan fingerprint density at radius 3 is 1.57 bits per heavy atom. The number of ether oxygens (including phenoxy) is 2. The van der Waals surface area contributed by atoms with Gasteiger partial charge in [-0.15, -0.1) is 0 Å². The second-order valence-corrected chi connectivity index (χ2v) is 12.8. The van der Waals surface area contributed by atoms with Crippen molar-refractivity contribution in [1.82, 2.24) is 0 Å². The molecule has 0 bridgehead atoms. The third-order valence-corrected chi connectivity index (χ3v) is 8.09. The Morgan fingerprint density at radius 1 is 0.667 bits per heavy atom. The summed E-state index contributed by atoms with van der Waals surface area (Å²) in [6, 6.07) is -1.46. The highest BCUT2D eigenvalue weighted by atomic mass is 31.2. The number of carboxylic acids is 1. The van der Waals surface area contributed by atoms with E-state index in [4.69, 9.17) is 24.8 Å². The molecule has 0 fully saturated rings. The third-order valence-electron chi connectivity index (χ3n) is 7.14. The van der Waals surface area contributed by atoms with Gasteiger partial charge in [-0.05, 0) is 12.8 Å². The summed E-state index contributed by atoms with van der Waals surface area (Å²) in [7, 11) is -4.59. The van der Waals surface area contributed by atoms with E-state index in [1.807, 2.05) is 0 Å². The van der Waals surface area contributed by atoms with Gasteiger partial charge in [0.1, 0.15) is 12.1 Å². The van der Waals surface area contributed by atoms with Crippen molar-refractivity contribution in [3.05, 3.63) is 0 Å². The summed E-state index contributed by atoms with van der Waals surface area (Å²) in [5, 5.41) is 8.82. The summed E-state index contributed by atoms with van der Waals surface area (Å²) in [5.41, 5.74) is 5.31. The van der Waals surface area contributed by atoms with Gasteiger partial charge in [0.25, 0.3) is 0 Å². The van der Waals surface area contributed by atoms with Gasteiger partial charge in [-0.3, -0.25) is 18.6 Å². The Bertz CT molecular complexity index is 695. The van der Waals surface area contributed by atoms with E-state index in [1.165, 1.54) is 89.9 Å². The fraction of sp³-hybridized carbons (Fsp3) is 0.935. The summed E-state index contributed by atoms with van der Waals surface area (Å²) < 4.78 is 33.0. The zero-order chi connectivity index (χ0) is 31.3. The standard InChI is InChI=1S/C31H62NO9P/c1-3-5-7-9-11-13-14-16-18-20-22-24-38-25-28(26-39-42(36,37)40-27-29(32)31(34)35)41-30(33)23-21-19-17-15-12-10-8-6-4-2/h28-29H,3-27,32H2,1-2H3,(H,34,35)(H,36,37). The molecule has 0 aliphatic carbocycles. The lowest BCUT2D eigenvalue weighted by molar-refractivity contribution is -0.154. The molecule has 0 amide bonds. The molecule has 250 valence electrons. The van der Waals surface area contributed by atoms with Crippen molar-refractivity contribution < 1.29 is 42.7 Å². The van der Waals surface area contributed by atoms with Gasteiger partial charge in [0.05, 0.1) is 19.8 Å². The van der Waals surface area contributed by atoms with Gasteiger partial charge in [0.15, 0.2) is 0 Å². The Kier molecular flexibility index (Phi) is 28.0. The fourth-order valence-corrected chi connectivity index (χ4v) is 5.26. The average molecular weight is 624 g/mol. The van der Waals surface area contributed by atoms with Crippen LogP contribution >= 0.6 is 7.82 Å². The fourth-order valence-electron chi connectivity index (χ4n) is 4.48. The highest BCUT2D eigenvalue weighted by Crippen LogP contribution is 2.43. The van der Waals surface area contributed by atoms with Crippen molar-refractivity contribution in [3.8, 4) is 0 Å². The number of esters is 1. The molecule has 10 nitrogen and oxygen atoms in total. The van der Waals surface area contributed by atoms with E-state index in [0.29, 0.717) is 6.61 Å². The zero-order valence-corrected chi connectivity index (χ0v) is 27.5. The second kappa shape index (κ2) is 28.7. The van der Waals surface area contributed by atoms with Crippen LogP contribution in [0.3, 0.4) is 0 Å². The molecule has 0 aromatic rings. The second-order valence-electron chi connectivity index (χ2n) is 11.3. The molecule has 0 aliphatic rings. The largest absolute Gasteiger partial charge is 0.480 e. The lowest BCUT2D eigenvalue weighted by atomic mass is 10.1. The zero-order valence-electron chi connectivity index (χ0n) is 26.6. The monoisotopic (exact) mass is 623 g/mol. The Balaban J connectivity index is 4.35. The molecule has 0 saturated heterocycles. The van der Waals surface area contributed by atoms with Crippen LogP contribution in [0, 0.1) is 0 Å². The number of carbonyl (C=O) groups excluding carboxylic acids is 1. The topological polar surface area (TPSA) is 155 Å². The summed E-state index contributed by atoms with van der Waals surface area (Å²) in [6.07, 6.45) is 23.1. The number of aliphatic carboxylic acids is 1. The molecule has 0 aromatic carbocycles. The maximum absolute atomic E-state index is 12.4. The van der Waals surface area contributed by atoms with E-state index in [1.54, 1.807) is 0 Å². The van der Waals surface area contributed by atoms with Crippen molar-refractivity contribution in [1.29, 1.82) is 0 Å². The highest BCUT2D eigenvalue weighted by molar-refractivity contribution is 7.47. The van der Waals surface area contributed by atoms with Crippen LogP contribution in [-0.4, -0.2) is 60.5 Å². The van der Waals surface area contributed by atoms with Crippen LogP contribution in [0.1, 0.15) is 149 Å². The molecule has 3 atom stereocenters. The molecule has 0 radical (unpaired) electrons. The van der Waals surface area contributed by atoms with Crippen molar-refractivity contribution in [3.63, 3.8) is 0 Å². The predicted octanol–water partition coefficient (Wildman–Crippen LogP) is 7.69. The number of carbonyl (C=O) groups is 2. The molecule has 0 heterocycles. The third kappa shape index (κ3) is 27.8. The van der Waals surface area contributed by atoms with Crippen LogP contribution in [0.15, 0.2) is 0 Å². The van der Waals surface area contributed by atoms with Crippen LogP contribution in [0.25, 0.3) is 0 Å². The SMILES string of the molecule is CCCCCCCCCCCCCOCC(COP(=O)(O)OCC(N)C(=O)O)OC(=O)CCCCCCCCCCC. The quantitative estimate of drug-likeness (QED) is 0.0386. The van der Waals surface area contributed by atoms with E-state index in [0.717, 1.165) is 38.5 Å². The van der Waals surface area contributed by atoms with Crippen LogP contribution in [0.4, 0.5) is 0 Å². The number of hydrogen-bond donors (Lipinski definition) is 3. The molecule has 0 aromatic heterocycles. The average Bonchev–Trinajstić information content (AvgIpc) is 2.96. The molecule has 42 heavy (non-hydrogen) atoms. The minimum Gasteiger partial charge on any atom is -0.480 e. The summed E-state index contributed by atoms with van der Waals surface area (Å²) >= 11 is 0. The van der Waals surface area contributed by atoms with Crippen LogP contribution in [0.2, 0.25) is 0 Å². The Morgan fingerprint density at radius 2 is 1.10 bits per heavy atom. The first-order chi connectivity index (χ1) is 20.2.